The van der Waals surface area contributed by atoms with E-state index in [1.165, 1.54) is 18.4 Å². The minimum Gasteiger partial charge on any atom is -0.465 e. The molecule has 1 amide bonds. The molecule has 0 aromatic carbocycles. The zero-order valence-corrected chi connectivity index (χ0v) is 15.0. The summed E-state index contributed by atoms with van der Waals surface area (Å²) in [6.45, 7) is 3.33. The lowest BCUT2D eigenvalue weighted by Gasteiger charge is -2.32. The van der Waals surface area contributed by atoms with Gasteiger partial charge in [0.25, 0.3) is 0 Å². The first kappa shape index (κ1) is 17.3. The lowest BCUT2D eigenvalue weighted by atomic mass is 9.97. The average molecular weight is 360 g/mol. The molecule has 8 heteroatoms. The summed E-state index contributed by atoms with van der Waals surface area (Å²) in [7, 11) is 1.33. The van der Waals surface area contributed by atoms with Crippen molar-refractivity contribution < 1.29 is 14.3 Å². The molecular formula is C17H20N4O3S. The van der Waals surface area contributed by atoms with E-state index in [9.17, 15) is 9.59 Å². The van der Waals surface area contributed by atoms with Crippen LogP contribution in [0.25, 0.3) is 0 Å². The second-order valence-corrected chi connectivity index (χ2v) is 6.88. The van der Waals surface area contributed by atoms with Crippen molar-refractivity contribution in [3.05, 3.63) is 34.8 Å². The van der Waals surface area contributed by atoms with Crippen LogP contribution in [0.1, 0.15) is 28.9 Å². The number of carbonyl (C=O) groups is 2. The molecule has 0 bridgehead atoms. The van der Waals surface area contributed by atoms with Crippen LogP contribution in [0, 0.1) is 12.8 Å². The fraction of sp³-hybridized carbons (Fsp3) is 0.412. The highest BCUT2D eigenvalue weighted by molar-refractivity contribution is 7.14. The third kappa shape index (κ3) is 3.96. The summed E-state index contributed by atoms with van der Waals surface area (Å²) in [5, 5.41) is 13.5. The molecule has 0 radical (unpaired) electrons. The number of methoxy groups -OCH3 is 1. The van der Waals surface area contributed by atoms with E-state index in [0.29, 0.717) is 17.1 Å². The number of esters is 1. The third-order valence-electron chi connectivity index (χ3n) is 4.21. The Morgan fingerprint density at radius 3 is 2.88 bits per heavy atom. The van der Waals surface area contributed by atoms with Gasteiger partial charge in [-0.25, -0.2) is 4.79 Å². The Bertz CT molecular complexity index is 760. The number of amides is 1. The Hall–Kier alpha value is -2.48. The smallest absolute Gasteiger partial charge is 0.340 e. The number of anilines is 2. The van der Waals surface area contributed by atoms with Crippen LogP contribution in [0.15, 0.2) is 23.6 Å². The Morgan fingerprint density at radius 2 is 2.16 bits per heavy atom. The molecule has 1 aliphatic heterocycles. The van der Waals surface area contributed by atoms with Gasteiger partial charge in [-0.2, -0.15) is 5.10 Å². The highest BCUT2D eigenvalue weighted by Gasteiger charge is 2.28. The standard InChI is InChI=1S/C17H20N4O3S/c1-11-5-6-14(20-19-11)21-8-3-4-12(10-21)15(22)18-16-13(7-9-25-16)17(23)24-2/h5-7,9,12H,3-4,8,10H2,1-2H3,(H,18,22). The number of thiophene rings is 1. The van der Waals surface area contributed by atoms with Gasteiger partial charge in [-0.1, -0.05) is 0 Å². The number of ether oxygens (including phenoxy) is 1. The molecule has 1 aliphatic rings. The maximum atomic E-state index is 12.6. The van der Waals surface area contributed by atoms with Crippen molar-refractivity contribution in [2.45, 2.75) is 19.8 Å². The van der Waals surface area contributed by atoms with Crippen molar-refractivity contribution in [3.8, 4) is 0 Å². The normalized spacial score (nSPS) is 17.2. The first-order valence-corrected chi connectivity index (χ1v) is 8.98. The number of carbonyl (C=O) groups excluding carboxylic acids is 2. The van der Waals surface area contributed by atoms with Gasteiger partial charge < -0.3 is 15.0 Å². The summed E-state index contributed by atoms with van der Waals surface area (Å²) < 4.78 is 4.74. The third-order valence-corrected chi connectivity index (χ3v) is 5.04. The number of nitrogens with one attached hydrogen (secondary N) is 1. The Kier molecular flexibility index (Phi) is 5.28. The molecule has 25 heavy (non-hydrogen) atoms. The molecule has 0 saturated carbocycles. The number of nitrogens with zero attached hydrogens (tertiary/aromatic N) is 3. The quantitative estimate of drug-likeness (QED) is 0.843. The topological polar surface area (TPSA) is 84.4 Å². The van der Waals surface area contributed by atoms with Crippen molar-refractivity contribution >= 4 is 34.0 Å². The molecule has 7 nitrogen and oxygen atoms in total. The molecule has 1 N–H and O–H groups in total. The molecule has 3 rings (SSSR count). The zero-order chi connectivity index (χ0) is 17.8. The molecule has 2 aromatic heterocycles. The lowest BCUT2D eigenvalue weighted by molar-refractivity contribution is -0.120. The van der Waals surface area contributed by atoms with Crippen molar-refractivity contribution in [3.63, 3.8) is 0 Å². The molecule has 132 valence electrons. The van der Waals surface area contributed by atoms with Gasteiger partial charge in [-0.3, -0.25) is 4.79 Å². The summed E-state index contributed by atoms with van der Waals surface area (Å²) in [5.41, 5.74) is 1.25. The van der Waals surface area contributed by atoms with Crippen LogP contribution >= 0.6 is 11.3 Å². The highest BCUT2D eigenvalue weighted by atomic mass is 32.1. The number of aromatic nitrogens is 2. The fourth-order valence-corrected chi connectivity index (χ4v) is 3.63. The van der Waals surface area contributed by atoms with Crippen LogP contribution in [0.2, 0.25) is 0 Å². The molecule has 0 spiro atoms. The molecule has 1 fully saturated rings. The van der Waals surface area contributed by atoms with Gasteiger partial charge in [0.15, 0.2) is 5.82 Å². The van der Waals surface area contributed by atoms with Crippen molar-refractivity contribution in [1.29, 1.82) is 0 Å². The van der Waals surface area contributed by atoms with Crippen molar-refractivity contribution in [2.75, 3.05) is 30.4 Å². The van der Waals surface area contributed by atoms with Gasteiger partial charge in [0.2, 0.25) is 5.91 Å². The monoisotopic (exact) mass is 360 g/mol. The van der Waals surface area contributed by atoms with Crippen LogP contribution in [0.3, 0.4) is 0 Å². The van der Waals surface area contributed by atoms with Crippen molar-refractivity contribution in [2.24, 2.45) is 5.92 Å². The van der Waals surface area contributed by atoms with E-state index < -0.39 is 5.97 Å². The fourth-order valence-electron chi connectivity index (χ4n) is 2.85. The van der Waals surface area contributed by atoms with E-state index in [1.54, 1.807) is 11.4 Å². The second kappa shape index (κ2) is 7.60. The van der Waals surface area contributed by atoms with Crippen LogP contribution in [0.5, 0.6) is 0 Å². The van der Waals surface area contributed by atoms with Crippen LogP contribution in [-0.2, 0) is 9.53 Å². The predicted molar refractivity (Wildman–Crippen MR) is 96.0 cm³/mol. The van der Waals surface area contributed by atoms with E-state index in [4.69, 9.17) is 4.74 Å². The van der Waals surface area contributed by atoms with Gasteiger partial charge >= 0.3 is 5.97 Å². The van der Waals surface area contributed by atoms with Gasteiger partial charge in [0, 0.05) is 13.1 Å². The number of hydrogen-bond donors (Lipinski definition) is 1. The van der Waals surface area contributed by atoms with Gasteiger partial charge in [0.1, 0.15) is 5.00 Å². The Balaban J connectivity index is 1.67. The minimum absolute atomic E-state index is 0.0858. The predicted octanol–water partition coefficient (Wildman–Crippen LogP) is 2.49. The van der Waals surface area contributed by atoms with Crippen LogP contribution < -0.4 is 10.2 Å². The van der Waals surface area contributed by atoms with Gasteiger partial charge in [0.05, 0.1) is 24.3 Å². The van der Waals surface area contributed by atoms with Gasteiger partial charge in [-0.05, 0) is 43.3 Å². The summed E-state index contributed by atoms with van der Waals surface area (Å²) in [4.78, 5) is 26.4. The number of piperidine rings is 1. The Labute approximate surface area is 150 Å². The molecule has 1 saturated heterocycles. The van der Waals surface area contributed by atoms with E-state index in [0.717, 1.165) is 30.9 Å². The minimum atomic E-state index is -0.447. The summed E-state index contributed by atoms with van der Waals surface area (Å²) in [6, 6.07) is 5.50. The average Bonchev–Trinajstić information content (AvgIpc) is 3.10. The summed E-state index contributed by atoms with van der Waals surface area (Å²) in [5.74, 6) is 0.0908. The molecule has 1 unspecified atom stereocenters. The largest absolute Gasteiger partial charge is 0.465 e. The van der Waals surface area contributed by atoms with E-state index in [-0.39, 0.29) is 11.8 Å². The Morgan fingerprint density at radius 1 is 1.32 bits per heavy atom. The van der Waals surface area contributed by atoms with E-state index >= 15 is 0 Å². The first-order valence-electron chi connectivity index (χ1n) is 8.10. The van der Waals surface area contributed by atoms with Gasteiger partial charge in [-0.15, -0.1) is 16.4 Å². The second-order valence-electron chi connectivity index (χ2n) is 5.96. The van der Waals surface area contributed by atoms with E-state index in [1.807, 2.05) is 19.1 Å². The molecule has 1 atom stereocenters. The first-order chi connectivity index (χ1) is 12.1. The summed E-state index contributed by atoms with van der Waals surface area (Å²) >= 11 is 1.32. The number of hydrogen-bond acceptors (Lipinski definition) is 7. The maximum absolute atomic E-state index is 12.6. The van der Waals surface area contributed by atoms with Crippen LogP contribution in [0.4, 0.5) is 10.8 Å². The van der Waals surface area contributed by atoms with E-state index in [2.05, 4.69) is 20.4 Å². The highest BCUT2D eigenvalue weighted by Crippen LogP contribution is 2.27. The zero-order valence-electron chi connectivity index (χ0n) is 14.2. The lowest BCUT2D eigenvalue weighted by Crippen LogP contribution is -2.41. The SMILES string of the molecule is COC(=O)c1ccsc1NC(=O)C1CCCN(c2ccc(C)nn2)C1. The molecule has 2 aromatic rings. The number of aryl methyl sites for hydroxylation is 1. The maximum Gasteiger partial charge on any atom is 0.340 e. The van der Waals surface area contributed by atoms with Crippen molar-refractivity contribution in [1.82, 2.24) is 10.2 Å². The molecular weight excluding hydrogens is 340 g/mol. The summed E-state index contributed by atoms with van der Waals surface area (Å²) in [6.07, 6.45) is 1.71. The van der Waals surface area contributed by atoms with Crippen LogP contribution in [-0.4, -0.2) is 42.3 Å². The molecule has 3 heterocycles. The molecule has 0 aliphatic carbocycles. The number of rotatable bonds is 4.